The first-order chi connectivity index (χ1) is 10.4. The van der Waals surface area contributed by atoms with Crippen LogP contribution in [-0.4, -0.2) is 57.0 Å². The van der Waals surface area contributed by atoms with Crippen molar-refractivity contribution in [2.24, 2.45) is 16.6 Å². The monoisotopic (exact) mass is 327 g/mol. The number of aliphatic imine (C=N–C) groups is 1. The Hall–Kier alpha value is -1.64. The summed E-state index contributed by atoms with van der Waals surface area (Å²) in [6.45, 7) is 2.94. The summed E-state index contributed by atoms with van der Waals surface area (Å²) in [7, 11) is -2.05. The van der Waals surface area contributed by atoms with Gasteiger partial charge in [0.2, 0.25) is 10.0 Å². The summed E-state index contributed by atoms with van der Waals surface area (Å²) in [5.41, 5.74) is 6.29. The molecule has 3 N–H and O–H groups in total. The van der Waals surface area contributed by atoms with Crippen molar-refractivity contribution in [2.45, 2.75) is 11.8 Å². The van der Waals surface area contributed by atoms with E-state index in [1.165, 1.54) is 23.5 Å². The molecule has 0 spiro atoms. The second kappa shape index (κ2) is 6.64. The molecule has 8 heteroatoms. The van der Waals surface area contributed by atoms with E-state index >= 15 is 0 Å². The van der Waals surface area contributed by atoms with Gasteiger partial charge in [-0.2, -0.15) is 4.31 Å². The van der Waals surface area contributed by atoms with E-state index in [2.05, 4.69) is 4.99 Å². The van der Waals surface area contributed by atoms with Gasteiger partial charge in [0.25, 0.3) is 0 Å². The zero-order valence-electron chi connectivity index (χ0n) is 12.7. The Morgan fingerprint density at radius 1 is 1.50 bits per heavy atom. The molecule has 0 radical (unpaired) electrons. The van der Waals surface area contributed by atoms with Crippen LogP contribution in [0.25, 0.3) is 0 Å². The van der Waals surface area contributed by atoms with Crippen molar-refractivity contribution in [3.05, 3.63) is 23.8 Å². The summed E-state index contributed by atoms with van der Waals surface area (Å²) in [6, 6.07) is 4.57. The Balaban J connectivity index is 2.36. The van der Waals surface area contributed by atoms with Crippen LogP contribution in [0, 0.1) is 5.92 Å². The maximum Gasteiger partial charge on any atom is 0.243 e. The zero-order chi connectivity index (χ0) is 16.3. The zero-order valence-corrected chi connectivity index (χ0v) is 13.5. The van der Waals surface area contributed by atoms with Crippen molar-refractivity contribution in [1.29, 1.82) is 0 Å². The molecule has 1 aromatic rings. The van der Waals surface area contributed by atoms with Gasteiger partial charge in [-0.3, -0.25) is 4.99 Å². The molecule has 0 bridgehead atoms. The Bertz CT molecular complexity index is 667. The predicted octanol–water partition coefficient (Wildman–Crippen LogP) is 0.0332. The number of rotatable bonds is 6. The number of amidine groups is 1. The standard InChI is InChI=1S/C14H21N3O4S/c1-3-21-13-5-4-11(6-12(13)14(15)16-2)22(19,20)17-7-10(8-17)9-18/h4-6,10,18H,3,7-9H2,1-2H3,(H2,15,16). The molecule has 1 aromatic carbocycles. The van der Waals surface area contributed by atoms with Crippen LogP contribution in [-0.2, 0) is 10.0 Å². The van der Waals surface area contributed by atoms with Gasteiger partial charge in [0.1, 0.15) is 11.6 Å². The van der Waals surface area contributed by atoms with Gasteiger partial charge in [0.15, 0.2) is 0 Å². The lowest BCUT2D eigenvalue weighted by Crippen LogP contribution is -2.51. The molecule has 1 aliphatic heterocycles. The summed E-state index contributed by atoms with van der Waals surface area (Å²) in [4.78, 5) is 4.05. The van der Waals surface area contributed by atoms with Gasteiger partial charge in [-0.1, -0.05) is 0 Å². The van der Waals surface area contributed by atoms with Crippen molar-refractivity contribution in [1.82, 2.24) is 4.31 Å². The number of aliphatic hydroxyl groups is 1. The van der Waals surface area contributed by atoms with Crippen LogP contribution in [0.2, 0.25) is 0 Å². The lowest BCUT2D eigenvalue weighted by Gasteiger charge is -2.37. The minimum Gasteiger partial charge on any atom is -0.493 e. The van der Waals surface area contributed by atoms with E-state index in [9.17, 15) is 8.42 Å². The summed E-state index contributed by atoms with van der Waals surface area (Å²) in [5.74, 6) is 0.734. The summed E-state index contributed by atoms with van der Waals surface area (Å²) in [6.07, 6.45) is 0. The van der Waals surface area contributed by atoms with Crippen LogP contribution in [0.4, 0.5) is 0 Å². The number of ether oxygens (including phenoxy) is 1. The van der Waals surface area contributed by atoms with E-state index in [-0.39, 0.29) is 23.3 Å². The molecular formula is C14H21N3O4S. The molecule has 0 amide bonds. The maximum absolute atomic E-state index is 12.5. The summed E-state index contributed by atoms with van der Waals surface area (Å²) < 4.78 is 31.9. The molecule has 0 aromatic heterocycles. The molecule has 122 valence electrons. The SMILES string of the molecule is CCOc1ccc(S(=O)(=O)N2CC(CO)C2)cc1C(N)=NC. The quantitative estimate of drug-likeness (QED) is 0.567. The van der Waals surface area contributed by atoms with Crippen molar-refractivity contribution >= 4 is 15.9 Å². The fraction of sp³-hybridized carbons (Fsp3) is 0.500. The number of hydrogen-bond acceptors (Lipinski definition) is 5. The van der Waals surface area contributed by atoms with Gasteiger partial charge >= 0.3 is 0 Å². The molecule has 0 unspecified atom stereocenters. The average Bonchev–Trinajstić information content (AvgIpc) is 2.45. The number of aliphatic hydroxyl groups excluding tert-OH is 1. The Morgan fingerprint density at radius 3 is 2.73 bits per heavy atom. The number of hydrogen-bond donors (Lipinski definition) is 2. The largest absolute Gasteiger partial charge is 0.493 e. The molecule has 1 heterocycles. The minimum atomic E-state index is -3.59. The van der Waals surface area contributed by atoms with E-state index in [4.69, 9.17) is 15.6 Å². The highest BCUT2D eigenvalue weighted by molar-refractivity contribution is 7.89. The topological polar surface area (TPSA) is 105 Å². The Labute approximate surface area is 130 Å². The molecule has 7 nitrogen and oxygen atoms in total. The van der Waals surface area contributed by atoms with Crippen molar-refractivity contribution in [2.75, 3.05) is 33.4 Å². The fourth-order valence-corrected chi connectivity index (χ4v) is 3.87. The van der Waals surface area contributed by atoms with Crippen LogP contribution >= 0.6 is 0 Å². The second-order valence-electron chi connectivity index (χ2n) is 5.07. The smallest absolute Gasteiger partial charge is 0.243 e. The molecule has 0 saturated carbocycles. The van der Waals surface area contributed by atoms with Gasteiger partial charge in [0.05, 0.1) is 17.1 Å². The molecular weight excluding hydrogens is 306 g/mol. The lowest BCUT2D eigenvalue weighted by atomic mass is 10.1. The van der Waals surface area contributed by atoms with Gasteiger partial charge in [-0.05, 0) is 25.1 Å². The van der Waals surface area contributed by atoms with Crippen molar-refractivity contribution in [3.8, 4) is 5.75 Å². The normalized spacial score (nSPS) is 17.3. The van der Waals surface area contributed by atoms with Crippen LogP contribution in [0.5, 0.6) is 5.75 Å². The predicted molar refractivity (Wildman–Crippen MR) is 83.6 cm³/mol. The minimum absolute atomic E-state index is 0.00398. The third-order valence-electron chi connectivity index (χ3n) is 3.59. The van der Waals surface area contributed by atoms with Crippen LogP contribution in [0.15, 0.2) is 28.1 Å². The first-order valence-corrected chi connectivity index (χ1v) is 8.48. The third-order valence-corrected chi connectivity index (χ3v) is 5.42. The average molecular weight is 327 g/mol. The fourth-order valence-electron chi connectivity index (χ4n) is 2.25. The number of sulfonamides is 1. The highest BCUT2D eigenvalue weighted by Crippen LogP contribution is 2.28. The van der Waals surface area contributed by atoms with E-state index in [0.717, 1.165) is 0 Å². The Morgan fingerprint density at radius 2 is 2.18 bits per heavy atom. The highest BCUT2D eigenvalue weighted by atomic mass is 32.2. The van der Waals surface area contributed by atoms with Crippen LogP contribution in [0.3, 0.4) is 0 Å². The van der Waals surface area contributed by atoms with E-state index in [1.54, 1.807) is 6.07 Å². The molecule has 0 atom stereocenters. The van der Waals surface area contributed by atoms with Crippen LogP contribution in [0.1, 0.15) is 12.5 Å². The maximum atomic E-state index is 12.5. The number of nitrogens with two attached hydrogens (primary N) is 1. The van der Waals surface area contributed by atoms with Gasteiger partial charge < -0.3 is 15.6 Å². The Kier molecular flexibility index (Phi) is 5.05. The van der Waals surface area contributed by atoms with Crippen molar-refractivity contribution in [3.63, 3.8) is 0 Å². The van der Waals surface area contributed by atoms with Gasteiger partial charge in [0, 0.05) is 32.7 Å². The van der Waals surface area contributed by atoms with Gasteiger partial charge in [-0.25, -0.2) is 8.42 Å². The summed E-state index contributed by atoms with van der Waals surface area (Å²) in [5, 5.41) is 9.01. The first-order valence-electron chi connectivity index (χ1n) is 7.04. The number of benzene rings is 1. The van der Waals surface area contributed by atoms with E-state index < -0.39 is 10.0 Å². The molecule has 22 heavy (non-hydrogen) atoms. The molecule has 1 saturated heterocycles. The van der Waals surface area contributed by atoms with E-state index in [0.29, 0.717) is 31.0 Å². The first kappa shape index (κ1) is 16.7. The molecule has 2 rings (SSSR count). The summed E-state index contributed by atoms with van der Waals surface area (Å²) >= 11 is 0. The third kappa shape index (κ3) is 3.08. The second-order valence-corrected chi connectivity index (χ2v) is 7.01. The molecule has 1 aliphatic rings. The molecule has 0 aliphatic carbocycles. The van der Waals surface area contributed by atoms with Crippen molar-refractivity contribution < 1.29 is 18.3 Å². The molecule has 1 fully saturated rings. The van der Waals surface area contributed by atoms with E-state index in [1.807, 2.05) is 6.92 Å². The van der Waals surface area contributed by atoms with Gasteiger partial charge in [-0.15, -0.1) is 0 Å². The lowest BCUT2D eigenvalue weighted by molar-refractivity contribution is 0.117. The van der Waals surface area contributed by atoms with Crippen LogP contribution < -0.4 is 10.5 Å². The highest BCUT2D eigenvalue weighted by Gasteiger charge is 2.36. The number of nitrogens with zero attached hydrogens (tertiary/aromatic N) is 2.